The lowest BCUT2D eigenvalue weighted by atomic mass is 10.0. The predicted molar refractivity (Wildman–Crippen MR) is 110 cm³/mol. The van der Waals surface area contributed by atoms with Crippen LogP contribution in [0.5, 0.6) is 11.5 Å². The molecule has 0 saturated heterocycles. The van der Waals surface area contributed by atoms with Gasteiger partial charge in [-0.3, -0.25) is 4.79 Å². The standard InChI is InChI=1S/C19H23F3O2Si.C2H4O2/c1-12-10-17(13(2)14(3)18(12)23)24-11-25(4,5)16-8-6-15(7-9-16)19(20,21)22;1-2(3)4/h6-10,23H,11H2,1-5H3;1H3,(H,3,4). The number of hydrogen-bond donors (Lipinski definition) is 2. The Hall–Kier alpha value is -2.48. The number of ether oxygens (including phenoxy) is 1. The maximum atomic E-state index is 12.7. The Kier molecular flexibility index (Phi) is 7.91. The fourth-order valence-electron chi connectivity index (χ4n) is 2.63. The molecule has 0 aliphatic rings. The molecule has 0 atom stereocenters. The van der Waals surface area contributed by atoms with Gasteiger partial charge in [-0.2, -0.15) is 13.2 Å². The van der Waals surface area contributed by atoms with Crippen LogP contribution in [0, 0.1) is 20.8 Å². The summed E-state index contributed by atoms with van der Waals surface area (Å²) in [5.74, 6) is 0.143. The quantitative estimate of drug-likeness (QED) is 0.676. The fraction of sp³-hybridized carbons (Fsp3) is 0.381. The van der Waals surface area contributed by atoms with Crippen LogP contribution in [-0.2, 0) is 11.0 Å². The van der Waals surface area contributed by atoms with E-state index in [1.807, 2.05) is 20.8 Å². The number of aliphatic carboxylic acids is 1. The first kappa shape index (κ1) is 24.6. The number of carboxylic acids is 1. The average Bonchev–Trinajstić information content (AvgIpc) is 2.61. The van der Waals surface area contributed by atoms with Crippen LogP contribution in [0.25, 0.3) is 0 Å². The third kappa shape index (κ3) is 6.81. The molecule has 0 saturated carbocycles. The van der Waals surface area contributed by atoms with Crippen molar-refractivity contribution in [1.29, 1.82) is 0 Å². The van der Waals surface area contributed by atoms with E-state index in [4.69, 9.17) is 14.6 Å². The van der Waals surface area contributed by atoms with E-state index in [-0.39, 0.29) is 5.75 Å². The van der Waals surface area contributed by atoms with Crippen LogP contribution in [0.3, 0.4) is 0 Å². The summed E-state index contributed by atoms with van der Waals surface area (Å²) in [5, 5.41) is 18.3. The highest BCUT2D eigenvalue weighted by Crippen LogP contribution is 2.32. The van der Waals surface area contributed by atoms with Crippen LogP contribution < -0.4 is 9.92 Å². The lowest BCUT2D eigenvalue weighted by molar-refractivity contribution is -0.137. The lowest BCUT2D eigenvalue weighted by Crippen LogP contribution is -2.47. The van der Waals surface area contributed by atoms with Gasteiger partial charge in [0.25, 0.3) is 5.97 Å². The van der Waals surface area contributed by atoms with Gasteiger partial charge in [-0.15, -0.1) is 0 Å². The second-order valence-corrected chi connectivity index (χ2v) is 12.2. The summed E-state index contributed by atoms with van der Waals surface area (Å²) in [5.41, 5.74) is 1.76. The molecule has 0 unspecified atom stereocenters. The molecule has 0 aromatic heterocycles. The molecule has 4 nitrogen and oxygen atoms in total. The van der Waals surface area contributed by atoms with Gasteiger partial charge in [0.1, 0.15) is 19.6 Å². The van der Waals surface area contributed by atoms with E-state index in [2.05, 4.69) is 13.1 Å². The number of benzene rings is 2. The molecule has 160 valence electrons. The van der Waals surface area contributed by atoms with Crippen molar-refractivity contribution in [3.05, 3.63) is 52.6 Å². The van der Waals surface area contributed by atoms with Crippen LogP contribution in [0.15, 0.2) is 30.3 Å². The summed E-state index contributed by atoms with van der Waals surface area (Å²) in [6, 6.07) is 7.17. The Balaban J connectivity index is 0.000000960. The van der Waals surface area contributed by atoms with Crippen LogP contribution in [0.4, 0.5) is 13.2 Å². The molecule has 0 radical (unpaired) electrons. The number of carboxylic acid groups (broad SMARTS) is 1. The zero-order chi connectivity index (χ0) is 22.6. The third-order valence-corrected chi connectivity index (χ3v) is 7.35. The van der Waals surface area contributed by atoms with Crippen molar-refractivity contribution in [2.45, 2.75) is 47.0 Å². The second kappa shape index (κ2) is 9.34. The summed E-state index contributed by atoms with van der Waals surface area (Å²) in [6.45, 7) is 10.7. The van der Waals surface area contributed by atoms with E-state index >= 15 is 0 Å². The Morgan fingerprint density at radius 2 is 1.55 bits per heavy atom. The lowest BCUT2D eigenvalue weighted by Gasteiger charge is -2.25. The predicted octanol–water partition coefficient (Wildman–Crippen LogP) is 4.96. The van der Waals surface area contributed by atoms with E-state index in [1.54, 1.807) is 18.2 Å². The van der Waals surface area contributed by atoms with Gasteiger partial charge in [0, 0.05) is 6.92 Å². The van der Waals surface area contributed by atoms with E-state index in [0.717, 1.165) is 40.9 Å². The molecule has 8 heteroatoms. The summed E-state index contributed by atoms with van der Waals surface area (Å²) in [4.78, 5) is 9.00. The Morgan fingerprint density at radius 3 is 2.00 bits per heavy atom. The molecule has 0 aliphatic carbocycles. The fourth-order valence-corrected chi connectivity index (χ4v) is 4.39. The monoisotopic (exact) mass is 428 g/mol. The molecule has 0 heterocycles. The maximum Gasteiger partial charge on any atom is 0.416 e. The minimum atomic E-state index is -4.32. The van der Waals surface area contributed by atoms with Crippen LogP contribution >= 0.6 is 0 Å². The third-order valence-electron chi connectivity index (χ3n) is 4.59. The van der Waals surface area contributed by atoms with Crippen molar-refractivity contribution in [1.82, 2.24) is 0 Å². The van der Waals surface area contributed by atoms with E-state index in [1.165, 1.54) is 0 Å². The van der Waals surface area contributed by atoms with E-state index in [0.29, 0.717) is 12.0 Å². The first-order chi connectivity index (χ1) is 13.2. The van der Waals surface area contributed by atoms with Crippen molar-refractivity contribution in [3.63, 3.8) is 0 Å². The number of aryl methyl sites for hydroxylation is 1. The van der Waals surface area contributed by atoms with Crippen LogP contribution in [-0.4, -0.2) is 30.5 Å². The highest BCUT2D eigenvalue weighted by atomic mass is 28.3. The number of alkyl halides is 3. The topological polar surface area (TPSA) is 66.8 Å². The number of halogens is 3. The number of phenols is 1. The molecular weight excluding hydrogens is 401 g/mol. The molecule has 29 heavy (non-hydrogen) atoms. The van der Waals surface area contributed by atoms with Gasteiger partial charge in [-0.05, 0) is 43.5 Å². The average molecular weight is 429 g/mol. The molecule has 2 rings (SSSR count). The van der Waals surface area contributed by atoms with Crippen molar-refractivity contribution in [3.8, 4) is 11.5 Å². The zero-order valence-electron chi connectivity index (χ0n) is 17.4. The highest BCUT2D eigenvalue weighted by molar-refractivity contribution is 6.89. The van der Waals surface area contributed by atoms with Crippen LogP contribution in [0.2, 0.25) is 13.1 Å². The van der Waals surface area contributed by atoms with E-state index in [9.17, 15) is 18.3 Å². The highest BCUT2D eigenvalue weighted by Gasteiger charge is 2.32. The maximum absolute atomic E-state index is 12.7. The van der Waals surface area contributed by atoms with Crippen molar-refractivity contribution in [2.24, 2.45) is 0 Å². The number of hydrogen-bond acceptors (Lipinski definition) is 3. The Morgan fingerprint density at radius 1 is 1.07 bits per heavy atom. The largest absolute Gasteiger partial charge is 0.507 e. The number of carbonyl (C=O) groups is 1. The SMILES string of the molecule is CC(=O)O.Cc1cc(OC[Si](C)(C)c2ccc(C(F)(F)F)cc2)c(C)c(C)c1O. The summed E-state index contributed by atoms with van der Waals surface area (Å²) >= 11 is 0. The van der Waals surface area contributed by atoms with Gasteiger partial charge in [-0.1, -0.05) is 42.5 Å². The van der Waals surface area contributed by atoms with Crippen molar-refractivity contribution >= 4 is 19.2 Å². The van der Waals surface area contributed by atoms with Crippen molar-refractivity contribution < 1.29 is 32.9 Å². The zero-order valence-corrected chi connectivity index (χ0v) is 18.4. The number of rotatable bonds is 4. The first-order valence-corrected chi connectivity index (χ1v) is 12.2. The number of aromatic hydroxyl groups is 1. The van der Waals surface area contributed by atoms with Crippen LogP contribution in [0.1, 0.15) is 29.2 Å². The molecule has 0 fully saturated rings. The molecule has 0 spiro atoms. The summed E-state index contributed by atoms with van der Waals surface area (Å²) in [7, 11) is -2.07. The van der Waals surface area contributed by atoms with Crippen molar-refractivity contribution in [2.75, 3.05) is 6.23 Å². The summed E-state index contributed by atoms with van der Waals surface area (Å²) in [6.07, 6.45) is -3.87. The van der Waals surface area contributed by atoms with Gasteiger partial charge in [0.15, 0.2) is 0 Å². The van der Waals surface area contributed by atoms with E-state index < -0.39 is 25.8 Å². The van der Waals surface area contributed by atoms with Gasteiger partial charge in [0.05, 0.1) is 11.8 Å². The first-order valence-electron chi connectivity index (χ1n) is 8.96. The molecule has 0 amide bonds. The smallest absolute Gasteiger partial charge is 0.416 e. The molecule has 2 N–H and O–H groups in total. The second-order valence-electron chi connectivity index (χ2n) is 7.56. The molecule has 2 aromatic rings. The summed E-state index contributed by atoms with van der Waals surface area (Å²) < 4.78 is 44.1. The molecule has 0 aliphatic heterocycles. The molecule has 0 bridgehead atoms. The molecule has 2 aromatic carbocycles. The Bertz CT molecular complexity index is 856. The Labute approximate surface area is 170 Å². The minimum absolute atomic E-state index is 0.268. The number of phenolic OH excluding ortho intramolecular Hbond substituents is 1. The van der Waals surface area contributed by atoms with Gasteiger partial charge in [-0.25, -0.2) is 0 Å². The minimum Gasteiger partial charge on any atom is -0.507 e. The normalized spacial score (nSPS) is 11.5. The van der Waals surface area contributed by atoms with Gasteiger partial charge in [0.2, 0.25) is 0 Å². The van der Waals surface area contributed by atoms with Gasteiger partial charge >= 0.3 is 6.18 Å². The molecular formula is C21H27F3O4Si. The van der Waals surface area contributed by atoms with Gasteiger partial charge < -0.3 is 14.9 Å².